The maximum absolute atomic E-state index is 12.5. The van der Waals surface area contributed by atoms with Crippen molar-refractivity contribution in [3.8, 4) is 0 Å². The van der Waals surface area contributed by atoms with Crippen LogP contribution in [0.1, 0.15) is 207 Å². The van der Waals surface area contributed by atoms with E-state index in [1.165, 1.54) is 64.2 Å². The van der Waals surface area contributed by atoms with Crippen LogP contribution in [0.2, 0.25) is 0 Å². The van der Waals surface area contributed by atoms with E-state index >= 15 is 0 Å². The number of unbranched alkanes of at least 4 members (excludes halogenated alkanes) is 8. The topological polar surface area (TPSA) is 173 Å². The number of rotatable bonds is 20. The van der Waals surface area contributed by atoms with Crippen LogP contribution in [0.15, 0.2) is 12.2 Å². The van der Waals surface area contributed by atoms with Gasteiger partial charge in [-0.05, 0) is 179 Å². The molecule has 1 saturated heterocycles. The molecule has 6 saturated carbocycles. The highest BCUT2D eigenvalue weighted by atomic mass is 16.4. The van der Waals surface area contributed by atoms with E-state index in [-0.39, 0.29) is 41.4 Å². The number of carbonyl (C=O) groups excluding carboxylic acids is 4. The van der Waals surface area contributed by atoms with Crippen LogP contribution in [-0.2, 0) is 28.8 Å². The van der Waals surface area contributed by atoms with Crippen molar-refractivity contribution in [1.82, 2.24) is 20.4 Å². The third-order valence-corrected chi connectivity index (χ3v) is 21.8. The van der Waals surface area contributed by atoms with Crippen molar-refractivity contribution in [3.05, 3.63) is 12.2 Å². The van der Waals surface area contributed by atoms with Gasteiger partial charge < -0.3 is 30.6 Å². The fourth-order valence-electron chi connectivity index (χ4n) is 17.6. The fourth-order valence-corrected chi connectivity index (χ4v) is 17.6. The van der Waals surface area contributed by atoms with Gasteiger partial charge in [-0.25, -0.2) is 0 Å². The number of carboxylic acid groups (broad SMARTS) is 2. The Kier molecular flexibility index (Phi) is 18.0. The molecule has 0 radical (unpaired) electrons. The van der Waals surface area contributed by atoms with Crippen LogP contribution >= 0.6 is 0 Å². The summed E-state index contributed by atoms with van der Waals surface area (Å²) in [5, 5.41) is 23.9. The van der Waals surface area contributed by atoms with Gasteiger partial charge in [0.05, 0.1) is 0 Å². The molecule has 4 N–H and O–H groups in total. The van der Waals surface area contributed by atoms with E-state index in [0.717, 1.165) is 126 Å². The zero-order valence-electron chi connectivity index (χ0n) is 44.4. The van der Waals surface area contributed by atoms with Crippen molar-refractivity contribution in [2.24, 2.45) is 69.0 Å². The van der Waals surface area contributed by atoms with E-state index < -0.39 is 11.9 Å². The zero-order chi connectivity index (χ0) is 50.4. The maximum atomic E-state index is 12.5. The lowest BCUT2D eigenvalue weighted by molar-refractivity contribution is -0.158. The molecular weight excluding hydrogens is 881 g/mol. The molecule has 0 bridgehead atoms. The number of nitrogens with zero attached hydrogens (tertiary/aromatic N) is 2. The summed E-state index contributed by atoms with van der Waals surface area (Å²) in [6.07, 6.45) is 31.4. The number of carboxylic acids is 2. The van der Waals surface area contributed by atoms with Gasteiger partial charge in [-0.1, -0.05) is 72.3 Å². The number of nitrogens with one attached hydrogen (secondary N) is 2. The van der Waals surface area contributed by atoms with Crippen molar-refractivity contribution < 1.29 is 39.0 Å². The summed E-state index contributed by atoms with van der Waals surface area (Å²) in [6.45, 7) is 11.5. The SMILES string of the molecule is CN1C(=O)C=C[C@]2(C)[C@H]3CC[C@]4(C)[C@@H](CNC(=O)CCCCCCCC(=O)O)CC[C@H]4[C@@H]3CC[C@@H]12.CN1C(=O)CC[C@]2(C)C3CC[C@@]4(C)C(CC[C@@H]4CNC(=O)CCCCCCCC(=O)O)C3CC[C@@H]12. The highest BCUT2D eigenvalue weighted by Crippen LogP contribution is 2.67. The van der Waals surface area contributed by atoms with Gasteiger partial charge in [0, 0.05) is 76.8 Å². The van der Waals surface area contributed by atoms with Crippen molar-refractivity contribution in [1.29, 1.82) is 0 Å². The molecule has 2 aliphatic heterocycles. The molecule has 3 unspecified atom stereocenters. The molecule has 0 spiro atoms. The molecule has 8 aliphatic rings. The monoisotopic (exact) mass is 975 g/mol. The average molecular weight is 975 g/mol. The summed E-state index contributed by atoms with van der Waals surface area (Å²) < 4.78 is 0. The molecule has 0 aromatic heterocycles. The minimum Gasteiger partial charge on any atom is -0.481 e. The number of hydrogen-bond acceptors (Lipinski definition) is 6. The van der Waals surface area contributed by atoms with Crippen molar-refractivity contribution in [2.45, 2.75) is 220 Å². The minimum absolute atomic E-state index is 0.0901. The molecule has 0 aromatic rings. The van der Waals surface area contributed by atoms with E-state index in [2.05, 4.69) is 49.3 Å². The predicted molar refractivity (Wildman–Crippen MR) is 273 cm³/mol. The molecule has 2 heterocycles. The Hall–Kier alpha value is -3.44. The van der Waals surface area contributed by atoms with Crippen molar-refractivity contribution in [3.63, 3.8) is 0 Å². The Bertz CT molecular complexity index is 1910. The second-order valence-corrected chi connectivity index (χ2v) is 25.2. The van der Waals surface area contributed by atoms with Crippen LogP contribution in [0.25, 0.3) is 0 Å². The number of likely N-dealkylation sites (N-methyl/N-ethyl adjacent to an activating group) is 1. The van der Waals surface area contributed by atoms with Gasteiger partial charge in [0.25, 0.3) is 0 Å². The lowest BCUT2D eigenvalue weighted by Crippen LogP contribution is -2.61. The number of piperidine rings is 1. The molecule has 70 heavy (non-hydrogen) atoms. The second-order valence-electron chi connectivity index (χ2n) is 25.2. The first-order chi connectivity index (χ1) is 33.3. The third-order valence-electron chi connectivity index (χ3n) is 21.8. The van der Waals surface area contributed by atoms with Gasteiger partial charge in [-0.15, -0.1) is 0 Å². The molecule has 0 aromatic carbocycles. The predicted octanol–water partition coefficient (Wildman–Crippen LogP) is 10.6. The number of fused-ring (bicyclic) bond motifs is 10. The summed E-state index contributed by atoms with van der Waals surface area (Å²) in [7, 11) is 4.02. The maximum Gasteiger partial charge on any atom is 0.303 e. The summed E-state index contributed by atoms with van der Waals surface area (Å²) in [5.41, 5.74) is 1.000. The first kappa shape index (κ1) is 54.3. The zero-order valence-corrected chi connectivity index (χ0v) is 44.4. The highest BCUT2D eigenvalue weighted by molar-refractivity contribution is 5.89. The standard InChI is InChI=1S/C29H48N2O4.C29H46N2O4/c2*1-28-17-15-23-21(12-14-24-29(23,2)18-16-26(33)31(24)3)22(28)13-11-20(28)19-30-25(32)9-7-5-4-6-8-10-27(34)35/h20-24H,4-19H2,1-3H3,(H,30,32)(H,34,35);16,18,20-24H,4-15,17,19H2,1-3H3,(H,30,32)(H,34,35)/t20-,21?,22?,23?,24-,28-,29-;20-,21+,22+,23+,24-,28-,29-/m11/s1. The average Bonchev–Trinajstić information content (AvgIpc) is 3.85. The first-order valence-corrected chi connectivity index (χ1v) is 28.5. The number of hydrogen-bond donors (Lipinski definition) is 4. The second kappa shape index (κ2) is 23.2. The van der Waals surface area contributed by atoms with Crippen LogP contribution in [0.5, 0.6) is 0 Å². The van der Waals surface area contributed by atoms with Crippen LogP contribution in [0, 0.1) is 69.0 Å². The molecule has 8 rings (SSSR count). The summed E-state index contributed by atoms with van der Waals surface area (Å²) in [6, 6.07) is 0.752. The van der Waals surface area contributed by atoms with Gasteiger partial charge in [0.1, 0.15) is 0 Å². The van der Waals surface area contributed by atoms with Gasteiger partial charge >= 0.3 is 11.9 Å². The Balaban J connectivity index is 0.000000206. The van der Waals surface area contributed by atoms with Crippen LogP contribution < -0.4 is 10.6 Å². The fraction of sp³-hybridized carbons (Fsp3) is 0.862. The number of likely N-dealkylation sites (tertiary alicyclic amines) is 1. The van der Waals surface area contributed by atoms with Crippen molar-refractivity contribution in [2.75, 3.05) is 27.2 Å². The minimum atomic E-state index is -0.725. The van der Waals surface area contributed by atoms with Crippen LogP contribution in [0.4, 0.5) is 0 Å². The molecule has 14 atom stereocenters. The summed E-state index contributed by atoms with van der Waals surface area (Å²) >= 11 is 0. The third kappa shape index (κ3) is 11.5. The van der Waals surface area contributed by atoms with E-state index in [9.17, 15) is 28.8 Å². The van der Waals surface area contributed by atoms with E-state index in [0.29, 0.717) is 65.8 Å². The Morgan fingerprint density at radius 3 is 1.49 bits per heavy atom. The molecule has 6 aliphatic carbocycles. The highest BCUT2D eigenvalue weighted by Gasteiger charge is 2.62. The lowest BCUT2D eigenvalue weighted by Gasteiger charge is -2.61. The summed E-state index contributed by atoms with van der Waals surface area (Å²) in [5.74, 6) is 4.90. The molecule has 7 fully saturated rings. The van der Waals surface area contributed by atoms with E-state index in [1.54, 1.807) is 0 Å². The van der Waals surface area contributed by atoms with Gasteiger partial charge in [0.15, 0.2) is 0 Å². The molecule has 12 heteroatoms. The molecular formula is C58H94N4O8. The van der Waals surface area contributed by atoms with E-state index in [1.807, 2.05) is 25.1 Å². The van der Waals surface area contributed by atoms with Gasteiger partial charge in [0.2, 0.25) is 23.6 Å². The normalized spacial score (nSPS) is 38.2. The summed E-state index contributed by atoms with van der Waals surface area (Å²) in [4.78, 5) is 74.9. The van der Waals surface area contributed by atoms with Gasteiger partial charge in [-0.2, -0.15) is 0 Å². The van der Waals surface area contributed by atoms with Crippen molar-refractivity contribution >= 4 is 35.6 Å². The molecule has 12 nitrogen and oxygen atoms in total. The Morgan fingerprint density at radius 2 is 0.971 bits per heavy atom. The number of carbonyl (C=O) groups is 6. The molecule has 394 valence electrons. The van der Waals surface area contributed by atoms with Crippen LogP contribution in [0.3, 0.4) is 0 Å². The van der Waals surface area contributed by atoms with E-state index in [4.69, 9.17) is 10.2 Å². The van der Waals surface area contributed by atoms with Crippen LogP contribution in [-0.4, -0.2) is 94.8 Å². The quantitative estimate of drug-likeness (QED) is 0.0873. The van der Waals surface area contributed by atoms with Gasteiger partial charge in [-0.3, -0.25) is 28.8 Å². The Labute approximate surface area is 421 Å². The largest absolute Gasteiger partial charge is 0.481 e. The number of amides is 4. The smallest absolute Gasteiger partial charge is 0.303 e. The number of aliphatic carboxylic acids is 2. The lowest BCUT2D eigenvalue weighted by atomic mass is 9.47. The molecule has 4 amide bonds. The first-order valence-electron chi connectivity index (χ1n) is 28.5. The Morgan fingerprint density at radius 1 is 0.529 bits per heavy atom.